The van der Waals surface area contributed by atoms with Gasteiger partial charge in [0.05, 0.1) is 0 Å². The van der Waals surface area contributed by atoms with E-state index < -0.39 is 0 Å². The number of hydrogen-bond acceptors (Lipinski definition) is 2. The van der Waals surface area contributed by atoms with E-state index in [-0.39, 0.29) is 6.04 Å². The smallest absolute Gasteiger partial charge is 0.0478 e. The maximum Gasteiger partial charge on any atom is 0.0478 e. The minimum absolute atomic E-state index is 0.196. The van der Waals surface area contributed by atoms with Crippen LogP contribution in [0.4, 0.5) is 0 Å². The van der Waals surface area contributed by atoms with Crippen molar-refractivity contribution in [2.24, 2.45) is 0 Å². The molecular formula is C15H23Cl2NO. The molecule has 0 spiro atoms. The molecule has 0 amide bonds. The maximum atomic E-state index is 6.17. The van der Waals surface area contributed by atoms with E-state index in [9.17, 15) is 0 Å². The van der Waals surface area contributed by atoms with Crippen LogP contribution in [0.1, 0.15) is 44.7 Å². The Morgan fingerprint density at radius 3 is 2.68 bits per heavy atom. The lowest BCUT2D eigenvalue weighted by atomic mass is 10.1. The summed E-state index contributed by atoms with van der Waals surface area (Å²) in [6, 6.07) is 5.76. The second-order valence-electron chi connectivity index (χ2n) is 4.66. The Hall–Kier alpha value is -0.280. The second-order valence-corrected chi connectivity index (χ2v) is 5.50. The number of ether oxygens (including phenoxy) is 1. The number of benzene rings is 1. The quantitative estimate of drug-likeness (QED) is 0.658. The summed E-state index contributed by atoms with van der Waals surface area (Å²) in [5, 5.41) is 4.91. The first-order valence-electron chi connectivity index (χ1n) is 6.91. The van der Waals surface area contributed by atoms with Crippen LogP contribution < -0.4 is 5.32 Å². The van der Waals surface area contributed by atoms with Gasteiger partial charge in [-0.15, -0.1) is 0 Å². The molecule has 108 valence electrons. The molecule has 0 heterocycles. The van der Waals surface area contributed by atoms with Crippen LogP contribution in [-0.2, 0) is 4.74 Å². The molecule has 0 fully saturated rings. The zero-order valence-electron chi connectivity index (χ0n) is 11.7. The van der Waals surface area contributed by atoms with Gasteiger partial charge in [0.2, 0.25) is 0 Å². The average molecular weight is 304 g/mol. The van der Waals surface area contributed by atoms with Crippen LogP contribution in [0.15, 0.2) is 18.2 Å². The minimum atomic E-state index is 0.196. The van der Waals surface area contributed by atoms with E-state index in [0.29, 0.717) is 0 Å². The Kier molecular flexibility index (Phi) is 8.47. The van der Waals surface area contributed by atoms with Crippen molar-refractivity contribution >= 4 is 23.2 Å². The van der Waals surface area contributed by atoms with E-state index >= 15 is 0 Å². The van der Waals surface area contributed by atoms with Crippen LogP contribution >= 0.6 is 23.2 Å². The molecule has 1 rings (SSSR count). The van der Waals surface area contributed by atoms with Crippen molar-refractivity contribution in [3.8, 4) is 0 Å². The van der Waals surface area contributed by atoms with Gasteiger partial charge in [0.15, 0.2) is 0 Å². The second kappa shape index (κ2) is 9.60. The van der Waals surface area contributed by atoms with Gasteiger partial charge in [0.25, 0.3) is 0 Å². The average Bonchev–Trinajstić information content (AvgIpc) is 2.40. The van der Waals surface area contributed by atoms with E-state index in [0.717, 1.165) is 48.2 Å². The van der Waals surface area contributed by atoms with Gasteiger partial charge < -0.3 is 10.1 Å². The molecule has 0 aliphatic heterocycles. The van der Waals surface area contributed by atoms with Gasteiger partial charge in [0, 0.05) is 29.3 Å². The SMILES string of the molecule is CCCCOCCCNC(C)c1cc(Cl)ccc1Cl. The summed E-state index contributed by atoms with van der Waals surface area (Å²) < 4.78 is 5.52. The fourth-order valence-electron chi connectivity index (χ4n) is 1.80. The Balaban J connectivity index is 2.23. The van der Waals surface area contributed by atoms with Crippen molar-refractivity contribution in [3.63, 3.8) is 0 Å². The van der Waals surface area contributed by atoms with Crippen LogP contribution in [0.25, 0.3) is 0 Å². The number of halogens is 2. The lowest BCUT2D eigenvalue weighted by molar-refractivity contribution is 0.128. The molecule has 1 aromatic carbocycles. The molecule has 1 aromatic rings. The molecule has 1 N–H and O–H groups in total. The predicted molar refractivity (Wildman–Crippen MR) is 83.2 cm³/mol. The minimum Gasteiger partial charge on any atom is -0.381 e. The van der Waals surface area contributed by atoms with E-state index in [2.05, 4.69) is 19.2 Å². The Bertz CT molecular complexity index is 371. The summed E-state index contributed by atoms with van der Waals surface area (Å²) in [4.78, 5) is 0. The third-order valence-corrected chi connectivity index (χ3v) is 3.56. The van der Waals surface area contributed by atoms with Crippen molar-refractivity contribution < 1.29 is 4.74 Å². The lowest BCUT2D eigenvalue weighted by Crippen LogP contribution is -2.21. The number of unbranched alkanes of at least 4 members (excludes halogenated alkanes) is 1. The predicted octanol–water partition coefficient (Wildman–Crippen LogP) is 4.85. The summed E-state index contributed by atoms with van der Waals surface area (Å²) in [7, 11) is 0. The molecule has 0 bridgehead atoms. The highest BCUT2D eigenvalue weighted by Crippen LogP contribution is 2.25. The van der Waals surface area contributed by atoms with Crippen LogP contribution in [-0.4, -0.2) is 19.8 Å². The van der Waals surface area contributed by atoms with Crippen LogP contribution in [0.3, 0.4) is 0 Å². The third-order valence-electron chi connectivity index (χ3n) is 2.98. The highest BCUT2D eigenvalue weighted by atomic mass is 35.5. The first kappa shape index (κ1) is 16.8. The fraction of sp³-hybridized carbons (Fsp3) is 0.600. The summed E-state index contributed by atoms with van der Waals surface area (Å²) in [5.41, 5.74) is 1.04. The largest absolute Gasteiger partial charge is 0.381 e. The zero-order valence-corrected chi connectivity index (χ0v) is 13.2. The third kappa shape index (κ3) is 6.62. The summed E-state index contributed by atoms with van der Waals surface area (Å²) in [6.45, 7) is 6.85. The number of hydrogen-bond donors (Lipinski definition) is 1. The van der Waals surface area contributed by atoms with Gasteiger partial charge in [-0.2, -0.15) is 0 Å². The van der Waals surface area contributed by atoms with Gasteiger partial charge in [0.1, 0.15) is 0 Å². The number of nitrogens with one attached hydrogen (secondary N) is 1. The Morgan fingerprint density at radius 1 is 1.21 bits per heavy atom. The Morgan fingerprint density at radius 2 is 1.95 bits per heavy atom. The maximum absolute atomic E-state index is 6.17. The van der Waals surface area contributed by atoms with E-state index in [1.54, 1.807) is 0 Å². The van der Waals surface area contributed by atoms with Crippen molar-refractivity contribution in [3.05, 3.63) is 33.8 Å². The van der Waals surface area contributed by atoms with Gasteiger partial charge >= 0.3 is 0 Å². The van der Waals surface area contributed by atoms with E-state index in [1.165, 1.54) is 6.42 Å². The van der Waals surface area contributed by atoms with Gasteiger partial charge in [-0.3, -0.25) is 0 Å². The first-order chi connectivity index (χ1) is 9.15. The van der Waals surface area contributed by atoms with Crippen LogP contribution in [0.2, 0.25) is 10.0 Å². The summed E-state index contributed by atoms with van der Waals surface area (Å²) >= 11 is 12.2. The molecule has 2 nitrogen and oxygen atoms in total. The molecule has 0 saturated heterocycles. The fourth-order valence-corrected chi connectivity index (χ4v) is 2.26. The molecule has 0 saturated carbocycles. The summed E-state index contributed by atoms with van der Waals surface area (Å²) in [6.07, 6.45) is 3.33. The van der Waals surface area contributed by atoms with Crippen molar-refractivity contribution in [1.82, 2.24) is 5.32 Å². The highest BCUT2D eigenvalue weighted by Gasteiger charge is 2.09. The standard InChI is InChI=1S/C15H23Cl2NO/c1-3-4-9-19-10-5-8-18-12(2)14-11-13(16)6-7-15(14)17/h6-7,11-12,18H,3-5,8-10H2,1-2H3. The van der Waals surface area contributed by atoms with E-state index in [4.69, 9.17) is 27.9 Å². The molecule has 0 aliphatic carbocycles. The molecular weight excluding hydrogens is 281 g/mol. The molecule has 1 atom stereocenters. The zero-order chi connectivity index (χ0) is 14.1. The van der Waals surface area contributed by atoms with Gasteiger partial charge in [-0.25, -0.2) is 0 Å². The number of rotatable bonds is 9. The van der Waals surface area contributed by atoms with Gasteiger partial charge in [-0.05, 0) is 50.1 Å². The van der Waals surface area contributed by atoms with Gasteiger partial charge in [-0.1, -0.05) is 36.5 Å². The van der Waals surface area contributed by atoms with Crippen LogP contribution in [0.5, 0.6) is 0 Å². The summed E-state index contributed by atoms with van der Waals surface area (Å²) in [5.74, 6) is 0. The molecule has 0 radical (unpaired) electrons. The molecule has 19 heavy (non-hydrogen) atoms. The van der Waals surface area contributed by atoms with Crippen molar-refractivity contribution in [1.29, 1.82) is 0 Å². The molecule has 1 unspecified atom stereocenters. The monoisotopic (exact) mass is 303 g/mol. The normalized spacial score (nSPS) is 12.6. The van der Waals surface area contributed by atoms with Crippen molar-refractivity contribution in [2.45, 2.75) is 39.2 Å². The molecule has 0 aromatic heterocycles. The lowest BCUT2D eigenvalue weighted by Gasteiger charge is -2.16. The molecule has 4 heteroatoms. The Labute approximate surface area is 126 Å². The van der Waals surface area contributed by atoms with Crippen molar-refractivity contribution in [2.75, 3.05) is 19.8 Å². The first-order valence-corrected chi connectivity index (χ1v) is 7.66. The highest BCUT2D eigenvalue weighted by molar-refractivity contribution is 6.33. The van der Waals surface area contributed by atoms with Crippen LogP contribution in [0, 0.1) is 0 Å². The van der Waals surface area contributed by atoms with E-state index in [1.807, 2.05) is 18.2 Å². The molecule has 0 aliphatic rings. The topological polar surface area (TPSA) is 21.3 Å².